The van der Waals surface area contributed by atoms with Gasteiger partial charge in [0.25, 0.3) is 5.56 Å². The quantitative estimate of drug-likeness (QED) is 0.731. The molecule has 1 N–H and O–H groups in total. The Morgan fingerprint density at radius 2 is 1.78 bits per heavy atom. The Hall–Kier alpha value is -3.34. The maximum atomic E-state index is 12.8. The highest BCUT2D eigenvalue weighted by Crippen LogP contribution is 2.14. The molecule has 0 saturated carbocycles. The van der Waals surface area contributed by atoms with Gasteiger partial charge >= 0.3 is 0 Å². The van der Waals surface area contributed by atoms with Crippen LogP contribution in [0.2, 0.25) is 0 Å². The van der Waals surface area contributed by atoms with E-state index in [0.29, 0.717) is 12.2 Å². The zero-order valence-corrected chi connectivity index (χ0v) is 15.4. The van der Waals surface area contributed by atoms with Crippen LogP contribution in [0.1, 0.15) is 16.7 Å². The number of anilines is 1. The highest BCUT2D eigenvalue weighted by atomic mass is 16.5. The van der Waals surface area contributed by atoms with Crippen LogP contribution in [-0.2, 0) is 17.8 Å². The second-order valence-electron chi connectivity index (χ2n) is 6.43. The van der Waals surface area contributed by atoms with Crippen molar-refractivity contribution in [1.29, 1.82) is 0 Å². The number of ether oxygens (including phenoxy) is 1. The van der Waals surface area contributed by atoms with Crippen molar-refractivity contribution in [2.75, 3.05) is 12.4 Å². The molecule has 1 amide bonds. The maximum absolute atomic E-state index is 12.8. The molecule has 5 heteroatoms. The largest absolute Gasteiger partial charge is 0.497 e. The highest BCUT2D eigenvalue weighted by molar-refractivity contribution is 5.92. The van der Waals surface area contributed by atoms with Crippen molar-refractivity contribution in [3.63, 3.8) is 0 Å². The number of nitrogens with zero attached hydrogens (tertiary/aromatic N) is 1. The van der Waals surface area contributed by atoms with Gasteiger partial charge in [0.15, 0.2) is 0 Å². The van der Waals surface area contributed by atoms with Gasteiger partial charge in [-0.25, -0.2) is 0 Å². The fourth-order valence-electron chi connectivity index (χ4n) is 2.94. The molecule has 0 spiro atoms. The van der Waals surface area contributed by atoms with Gasteiger partial charge < -0.3 is 14.6 Å². The van der Waals surface area contributed by atoms with Gasteiger partial charge in [0.2, 0.25) is 5.91 Å². The predicted octanol–water partition coefficient (Wildman–Crippen LogP) is 3.39. The number of hydrogen-bond acceptors (Lipinski definition) is 3. The summed E-state index contributed by atoms with van der Waals surface area (Å²) in [5.74, 6) is 0.529. The molecule has 0 unspecified atom stereocenters. The molecule has 0 atom stereocenters. The molecule has 0 aliphatic rings. The molecule has 0 aliphatic heterocycles. The summed E-state index contributed by atoms with van der Waals surface area (Å²) in [5.41, 5.74) is 2.80. The Balaban J connectivity index is 1.80. The van der Waals surface area contributed by atoms with Crippen molar-refractivity contribution in [3.8, 4) is 5.75 Å². The summed E-state index contributed by atoms with van der Waals surface area (Å²) < 4.78 is 6.83. The molecule has 3 rings (SSSR count). The highest BCUT2D eigenvalue weighted by Gasteiger charge is 2.10. The first kappa shape index (κ1) is 18.5. The zero-order chi connectivity index (χ0) is 19.2. The number of carbonyl (C=O) groups excluding carboxylic acids is 1. The SMILES string of the molecule is COc1cccc(Cn2cc(C)cc(NC(=O)Cc3ccccc3)c2=O)c1. The number of amides is 1. The lowest BCUT2D eigenvalue weighted by molar-refractivity contribution is -0.115. The molecular formula is C22H22N2O3. The van der Waals surface area contributed by atoms with E-state index in [9.17, 15) is 9.59 Å². The number of aryl methyl sites for hydroxylation is 1. The van der Waals surface area contributed by atoms with Gasteiger partial charge in [-0.3, -0.25) is 9.59 Å². The van der Waals surface area contributed by atoms with E-state index in [1.54, 1.807) is 23.9 Å². The summed E-state index contributed by atoms with van der Waals surface area (Å²) >= 11 is 0. The van der Waals surface area contributed by atoms with E-state index in [2.05, 4.69) is 5.32 Å². The Bertz CT molecular complexity index is 994. The van der Waals surface area contributed by atoms with Crippen molar-refractivity contribution < 1.29 is 9.53 Å². The molecule has 1 heterocycles. The second kappa shape index (κ2) is 8.36. The lowest BCUT2D eigenvalue weighted by Crippen LogP contribution is -2.27. The van der Waals surface area contributed by atoms with Crippen molar-refractivity contribution in [3.05, 3.63) is 93.9 Å². The topological polar surface area (TPSA) is 60.3 Å². The number of carbonyl (C=O) groups is 1. The van der Waals surface area contributed by atoms with Crippen LogP contribution in [0, 0.1) is 6.92 Å². The fourth-order valence-corrected chi connectivity index (χ4v) is 2.94. The van der Waals surface area contributed by atoms with Gasteiger partial charge in [-0.15, -0.1) is 0 Å². The average molecular weight is 362 g/mol. The van der Waals surface area contributed by atoms with Gasteiger partial charge in [0, 0.05) is 6.20 Å². The van der Waals surface area contributed by atoms with Gasteiger partial charge in [-0.2, -0.15) is 0 Å². The normalized spacial score (nSPS) is 10.4. The minimum Gasteiger partial charge on any atom is -0.497 e. The van der Waals surface area contributed by atoms with Crippen LogP contribution in [0.5, 0.6) is 5.75 Å². The van der Waals surface area contributed by atoms with E-state index < -0.39 is 0 Å². The second-order valence-corrected chi connectivity index (χ2v) is 6.43. The number of rotatable bonds is 6. The number of benzene rings is 2. The molecule has 0 aliphatic carbocycles. The predicted molar refractivity (Wildman–Crippen MR) is 106 cm³/mol. The monoisotopic (exact) mass is 362 g/mol. The number of pyridine rings is 1. The first-order chi connectivity index (χ1) is 13.0. The van der Waals surface area contributed by atoms with E-state index in [4.69, 9.17) is 4.74 Å². The number of aromatic nitrogens is 1. The van der Waals surface area contributed by atoms with E-state index in [1.165, 1.54) is 0 Å². The maximum Gasteiger partial charge on any atom is 0.274 e. The molecule has 0 bridgehead atoms. The molecule has 3 aromatic rings. The van der Waals surface area contributed by atoms with E-state index in [1.807, 2.05) is 61.5 Å². The lowest BCUT2D eigenvalue weighted by Gasteiger charge is -2.12. The van der Waals surface area contributed by atoms with Crippen LogP contribution < -0.4 is 15.6 Å². The van der Waals surface area contributed by atoms with Gasteiger partial charge in [-0.05, 0) is 41.8 Å². The molecule has 0 saturated heterocycles. The number of hydrogen-bond donors (Lipinski definition) is 1. The smallest absolute Gasteiger partial charge is 0.274 e. The third-order valence-corrected chi connectivity index (χ3v) is 4.19. The zero-order valence-electron chi connectivity index (χ0n) is 15.4. The molecule has 0 fully saturated rings. The van der Waals surface area contributed by atoms with Crippen molar-refractivity contribution >= 4 is 11.6 Å². The minimum absolute atomic E-state index is 0.211. The molecule has 0 radical (unpaired) electrons. The van der Waals surface area contributed by atoms with Crippen LogP contribution in [0.25, 0.3) is 0 Å². The third kappa shape index (κ3) is 4.85. The van der Waals surface area contributed by atoms with E-state index in [-0.39, 0.29) is 17.9 Å². The first-order valence-corrected chi connectivity index (χ1v) is 8.73. The Labute approximate surface area is 158 Å². The third-order valence-electron chi connectivity index (χ3n) is 4.19. The van der Waals surface area contributed by atoms with Crippen molar-refractivity contribution in [2.24, 2.45) is 0 Å². The molecule has 138 valence electrons. The summed E-state index contributed by atoms with van der Waals surface area (Å²) in [6.45, 7) is 2.30. The summed E-state index contributed by atoms with van der Waals surface area (Å²) in [6.07, 6.45) is 2.01. The number of nitrogens with one attached hydrogen (secondary N) is 1. The Morgan fingerprint density at radius 1 is 1.04 bits per heavy atom. The van der Waals surface area contributed by atoms with Gasteiger partial charge in [-0.1, -0.05) is 42.5 Å². The van der Waals surface area contributed by atoms with E-state index in [0.717, 1.165) is 22.4 Å². The summed E-state index contributed by atoms with van der Waals surface area (Å²) in [4.78, 5) is 25.1. The molecule has 1 aromatic heterocycles. The number of methoxy groups -OCH3 is 1. The Kier molecular flexibility index (Phi) is 5.71. The lowest BCUT2D eigenvalue weighted by atomic mass is 10.1. The molecule has 2 aromatic carbocycles. The van der Waals surface area contributed by atoms with Crippen molar-refractivity contribution in [1.82, 2.24) is 4.57 Å². The van der Waals surface area contributed by atoms with E-state index >= 15 is 0 Å². The summed E-state index contributed by atoms with van der Waals surface area (Å²) in [7, 11) is 1.61. The molecule has 5 nitrogen and oxygen atoms in total. The standard InChI is InChI=1S/C22H22N2O3/c1-16-11-20(23-21(25)13-17-7-4-3-5-8-17)22(26)24(14-16)15-18-9-6-10-19(12-18)27-2/h3-12,14H,13,15H2,1-2H3,(H,23,25). The summed E-state index contributed by atoms with van der Waals surface area (Å²) in [5, 5.41) is 2.75. The van der Waals surface area contributed by atoms with Gasteiger partial charge in [0.05, 0.1) is 20.1 Å². The molecular weight excluding hydrogens is 340 g/mol. The Morgan fingerprint density at radius 3 is 2.52 bits per heavy atom. The van der Waals surface area contributed by atoms with Crippen LogP contribution in [0.4, 0.5) is 5.69 Å². The van der Waals surface area contributed by atoms with Crippen LogP contribution in [0.3, 0.4) is 0 Å². The van der Waals surface area contributed by atoms with Crippen molar-refractivity contribution in [2.45, 2.75) is 19.9 Å². The van der Waals surface area contributed by atoms with Crippen LogP contribution in [-0.4, -0.2) is 17.6 Å². The molecule has 27 heavy (non-hydrogen) atoms. The minimum atomic E-state index is -0.232. The average Bonchev–Trinajstić information content (AvgIpc) is 2.66. The van der Waals surface area contributed by atoms with Crippen LogP contribution >= 0.6 is 0 Å². The van der Waals surface area contributed by atoms with Crippen LogP contribution in [0.15, 0.2) is 71.7 Å². The van der Waals surface area contributed by atoms with Gasteiger partial charge in [0.1, 0.15) is 11.4 Å². The first-order valence-electron chi connectivity index (χ1n) is 8.73. The fraction of sp³-hybridized carbons (Fsp3) is 0.182. The summed E-state index contributed by atoms with van der Waals surface area (Å²) in [6, 6.07) is 18.7.